The zero-order chi connectivity index (χ0) is 13.9. The molecule has 2 N–H and O–H groups in total. The lowest BCUT2D eigenvalue weighted by Gasteiger charge is -2.11. The molecule has 0 spiro atoms. The van der Waals surface area contributed by atoms with Crippen LogP contribution in [0.15, 0.2) is 32.7 Å². The second kappa shape index (κ2) is 6.24. The Labute approximate surface area is 130 Å². The molecular weight excluding hydrogens is 338 g/mol. The van der Waals surface area contributed by atoms with Crippen molar-refractivity contribution < 1.29 is 0 Å². The molecule has 1 aromatic carbocycles. The van der Waals surface area contributed by atoms with Crippen LogP contribution >= 0.6 is 27.7 Å². The number of rotatable bonds is 4. The van der Waals surface area contributed by atoms with Gasteiger partial charge in [0.05, 0.1) is 6.04 Å². The third kappa shape index (κ3) is 3.05. The molecule has 3 rings (SSSR count). The van der Waals surface area contributed by atoms with Gasteiger partial charge in [0.2, 0.25) is 5.16 Å². The molecule has 5 nitrogen and oxygen atoms in total. The Bertz CT molecular complexity index is 594. The normalized spacial score (nSPS) is 15.9. The van der Waals surface area contributed by atoms with Crippen LogP contribution in [0.3, 0.4) is 0 Å². The lowest BCUT2D eigenvalue weighted by molar-refractivity contribution is 0.423. The largest absolute Gasteiger partial charge is 0.326 e. The highest BCUT2D eigenvalue weighted by molar-refractivity contribution is 9.10. The number of tetrazole rings is 1. The molecule has 2 aromatic rings. The van der Waals surface area contributed by atoms with Gasteiger partial charge in [0, 0.05) is 15.9 Å². The summed E-state index contributed by atoms with van der Waals surface area (Å²) in [5.41, 5.74) is 6.81. The number of benzene rings is 1. The second-order valence-corrected chi connectivity index (χ2v) is 6.90. The fraction of sp³-hybridized carbons (Fsp3) is 0.462. The molecule has 0 radical (unpaired) electrons. The van der Waals surface area contributed by atoms with Gasteiger partial charge in [-0.1, -0.05) is 28.8 Å². The minimum Gasteiger partial charge on any atom is -0.326 e. The summed E-state index contributed by atoms with van der Waals surface area (Å²) in [6.07, 6.45) is 4.88. The Kier molecular flexibility index (Phi) is 4.38. The first-order chi connectivity index (χ1) is 9.76. The van der Waals surface area contributed by atoms with Gasteiger partial charge in [-0.2, -0.15) is 0 Å². The van der Waals surface area contributed by atoms with E-state index >= 15 is 0 Å². The summed E-state index contributed by atoms with van der Waals surface area (Å²) < 4.78 is 3.00. The molecule has 1 aromatic heterocycles. The highest BCUT2D eigenvalue weighted by Crippen LogP contribution is 2.34. The van der Waals surface area contributed by atoms with Crippen LogP contribution in [0.1, 0.15) is 37.3 Å². The van der Waals surface area contributed by atoms with E-state index in [0.717, 1.165) is 20.1 Å². The van der Waals surface area contributed by atoms with Gasteiger partial charge in [-0.25, -0.2) is 4.68 Å². The molecule has 106 valence electrons. The molecule has 7 heteroatoms. The highest BCUT2D eigenvalue weighted by Gasteiger charge is 2.22. The van der Waals surface area contributed by atoms with Gasteiger partial charge in [0.25, 0.3) is 0 Å². The minimum absolute atomic E-state index is 0.452. The Morgan fingerprint density at radius 3 is 2.85 bits per heavy atom. The third-order valence-electron chi connectivity index (χ3n) is 3.51. The van der Waals surface area contributed by atoms with Crippen molar-refractivity contribution in [3.8, 4) is 0 Å². The smallest absolute Gasteiger partial charge is 0.214 e. The van der Waals surface area contributed by atoms with Crippen LogP contribution in [0.4, 0.5) is 0 Å². The van der Waals surface area contributed by atoms with Gasteiger partial charge in [-0.15, -0.1) is 5.10 Å². The summed E-state index contributed by atoms with van der Waals surface area (Å²) in [7, 11) is 0. The van der Waals surface area contributed by atoms with Gasteiger partial charge in [0.15, 0.2) is 0 Å². The highest BCUT2D eigenvalue weighted by atomic mass is 79.9. The van der Waals surface area contributed by atoms with Gasteiger partial charge in [0.1, 0.15) is 0 Å². The first-order valence-corrected chi connectivity index (χ1v) is 8.32. The number of halogens is 1. The average molecular weight is 354 g/mol. The fourth-order valence-electron chi connectivity index (χ4n) is 2.53. The topological polar surface area (TPSA) is 69.6 Å². The van der Waals surface area contributed by atoms with Crippen molar-refractivity contribution in [1.82, 2.24) is 20.2 Å². The summed E-state index contributed by atoms with van der Waals surface area (Å²) >= 11 is 5.11. The molecule has 0 atom stereocenters. The zero-order valence-electron chi connectivity index (χ0n) is 11.0. The van der Waals surface area contributed by atoms with E-state index in [1.165, 1.54) is 25.7 Å². The van der Waals surface area contributed by atoms with Gasteiger partial charge >= 0.3 is 0 Å². The molecule has 0 aliphatic heterocycles. The lowest BCUT2D eigenvalue weighted by Crippen LogP contribution is -2.08. The first-order valence-electron chi connectivity index (χ1n) is 6.71. The van der Waals surface area contributed by atoms with Crippen LogP contribution in [-0.2, 0) is 6.54 Å². The lowest BCUT2D eigenvalue weighted by atomic mass is 10.2. The Morgan fingerprint density at radius 1 is 1.30 bits per heavy atom. The van der Waals surface area contributed by atoms with Gasteiger partial charge < -0.3 is 5.73 Å². The molecule has 1 saturated carbocycles. The molecule has 0 bridgehead atoms. The van der Waals surface area contributed by atoms with Crippen LogP contribution in [0, 0.1) is 0 Å². The maximum Gasteiger partial charge on any atom is 0.214 e. The molecule has 0 unspecified atom stereocenters. The van der Waals surface area contributed by atoms with E-state index < -0.39 is 0 Å². The van der Waals surface area contributed by atoms with E-state index in [1.54, 1.807) is 11.8 Å². The number of hydrogen-bond acceptors (Lipinski definition) is 5. The summed E-state index contributed by atoms with van der Waals surface area (Å²) in [6.45, 7) is 0.528. The van der Waals surface area contributed by atoms with Crippen LogP contribution in [-0.4, -0.2) is 20.2 Å². The SMILES string of the molecule is NCc1cc(Br)cc(Sc2nnnn2C2CCCC2)c1. The van der Waals surface area contributed by atoms with E-state index in [0.29, 0.717) is 12.6 Å². The van der Waals surface area contributed by atoms with Crippen molar-refractivity contribution in [3.63, 3.8) is 0 Å². The average Bonchev–Trinajstić information content (AvgIpc) is 3.08. The number of nitrogens with zero attached hydrogens (tertiary/aromatic N) is 4. The molecular formula is C13H16BrN5S. The predicted octanol–water partition coefficient (Wildman–Crippen LogP) is 3.16. The Balaban J connectivity index is 1.84. The molecule has 1 aliphatic rings. The standard InChI is InChI=1S/C13H16BrN5S/c14-10-5-9(8-15)6-12(7-10)20-13-16-17-18-19(13)11-3-1-2-4-11/h5-7,11H,1-4,8,15H2. The van der Waals surface area contributed by atoms with Crippen LogP contribution in [0.2, 0.25) is 0 Å². The molecule has 0 amide bonds. The van der Waals surface area contributed by atoms with Crippen molar-refractivity contribution in [2.75, 3.05) is 0 Å². The summed E-state index contributed by atoms with van der Waals surface area (Å²) in [5.74, 6) is 0. The van der Waals surface area contributed by atoms with Crippen molar-refractivity contribution >= 4 is 27.7 Å². The zero-order valence-corrected chi connectivity index (χ0v) is 13.4. The summed E-state index contributed by atoms with van der Waals surface area (Å²) in [4.78, 5) is 1.11. The van der Waals surface area contributed by atoms with Crippen molar-refractivity contribution in [2.24, 2.45) is 5.73 Å². The van der Waals surface area contributed by atoms with E-state index in [-0.39, 0.29) is 0 Å². The maximum absolute atomic E-state index is 5.71. The van der Waals surface area contributed by atoms with Crippen LogP contribution in [0.25, 0.3) is 0 Å². The summed E-state index contributed by atoms with van der Waals surface area (Å²) in [5, 5.41) is 13.0. The first kappa shape index (κ1) is 14.0. The minimum atomic E-state index is 0.452. The van der Waals surface area contributed by atoms with E-state index in [4.69, 9.17) is 5.73 Å². The monoisotopic (exact) mass is 353 g/mol. The second-order valence-electron chi connectivity index (χ2n) is 4.95. The molecule has 1 heterocycles. The van der Waals surface area contributed by atoms with Crippen LogP contribution < -0.4 is 5.73 Å². The van der Waals surface area contributed by atoms with Crippen LogP contribution in [0.5, 0.6) is 0 Å². The Morgan fingerprint density at radius 2 is 2.10 bits per heavy atom. The van der Waals surface area contributed by atoms with E-state index in [1.807, 2.05) is 10.7 Å². The van der Waals surface area contributed by atoms with Crippen molar-refractivity contribution in [1.29, 1.82) is 0 Å². The van der Waals surface area contributed by atoms with E-state index in [9.17, 15) is 0 Å². The van der Waals surface area contributed by atoms with Crippen molar-refractivity contribution in [2.45, 2.75) is 48.3 Å². The molecule has 1 fully saturated rings. The van der Waals surface area contributed by atoms with Gasteiger partial charge in [-0.3, -0.25) is 0 Å². The van der Waals surface area contributed by atoms with Gasteiger partial charge in [-0.05, 0) is 58.8 Å². The summed E-state index contributed by atoms with van der Waals surface area (Å²) in [6, 6.07) is 6.64. The van der Waals surface area contributed by atoms with E-state index in [2.05, 4.69) is 43.6 Å². The molecule has 20 heavy (non-hydrogen) atoms. The van der Waals surface area contributed by atoms with Crippen molar-refractivity contribution in [3.05, 3.63) is 28.2 Å². The number of nitrogens with two attached hydrogens (primary N) is 1. The Hall–Kier alpha value is -0.920. The quantitative estimate of drug-likeness (QED) is 0.913. The molecule has 1 aliphatic carbocycles. The predicted molar refractivity (Wildman–Crippen MR) is 81.5 cm³/mol. The number of hydrogen-bond donors (Lipinski definition) is 1. The number of aromatic nitrogens is 4. The fourth-order valence-corrected chi connectivity index (χ4v) is 4.19. The molecule has 0 saturated heterocycles. The third-order valence-corrected chi connectivity index (χ3v) is 4.89. The maximum atomic E-state index is 5.71.